The van der Waals surface area contributed by atoms with Crippen LogP contribution in [0.15, 0.2) is 29.2 Å². The summed E-state index contributed by atoms with van der Waals surface area (Å²) in [6.45, 7) is 4.19. The molecule has 114 valence electrons. The summed E-state index contributed by atoms with van der Waals surface area (Å²) in [5.41, 5.74) is 0.605. The molecule has 1 aromatic rings. The maximum Gasteiger partial charge on any atom is 0.307 e. The van der Waals surface area contributed by atoms with Gasteiger partial charge in [-0.15, -0.1) is 11.8 Å². The predicted octanol–water partition coefficient (Wildman–Crippen LogP) is 2.72. The number of benzene rings is 1. The van der Waals surface area contributed by atoms with Crippen molar-refractivity contribution in [3.8, 4) is 0 Å². The first kappa shape index (κ1) is 15.9. The smallest absolute Gasteiger partial charge is 0.307 e. The van der Waals surface area contributed by atoms with E-state index in [4.69, 9.17) is 5.11 Å². The fourth-order valence-electron chi connectivity index (χ4n) is 2.88. The molecule has 1 saturated carbocycles. The highest BCUT2D eigenvalue weighted by Crippen LogP contribution is 2.58. The molecule has 0 radical (unpaired) electrons. The van der Waals surface area contributed by atoms with Crippen molar-refractivity contribution in [3.05, 3.63) is 29.8 Å². The van der Waals surface area contributed by atoms with Crippen LogP contribution in [-0.4, -0.2) is 35.2 Å². The lowest BCUT2D eigenvalue weighted by atomic mass is 10.1. The zero-order valence-electron chi connectivity index (χ0n) is 12.8. The number of carbonyl (C=O) groups excluding carboxylic acids is 1. The van der Waals surface area contributed by atoms with Crippen LogP contribution in [0.4, 0.5) is 0 Å². The van der Waals surface area contributed by atoms with Crippen LogP contribution < -0.4 is 0 Å². The second-order valence-corrected chi connectivity index (χ2v) is 7.04. The van der Waals surface area contributed by atoms with E-state index in [-0.39, 0.29) is 5.91 Å². The number of nitrogens with zero attached hydrogens (tertiary/aromatic N) is 1. The van der Waals surface area contributed by atoms with Crippen LogP contribution in [0.2, 0.25) is 0 Å². The van der Waals surface area contributed by atoms with Crippen LogP contribution in [-0.2, 0) is 16.1 Å². The Morgan fingerprint density at radius 3 is 2.24 bits per heavy atom. The number of carbonyl (C=O) groups is 2. The van der Waals surface area contributed by atoms with Crippen LogP contribution in [0.5, 0.6) is 0 Å². The van der Waals surface area contributed by atoms with E-state index in [1.807, 2.05) is 44.4 Å². The van der Waals surface area contributed by atoms with Crippen LogP contribution >= 0.6 is 11.8 Å². The number of carboxylic acids is 1. The standard InChI is InChI=1S/C16H21NO3S/c1-16(2)12(13(16)15(19)20)14(18)17(3)9-10-5-7-11(21-4)8-6-10/h5-8,12-13H,9H2,1-4H3,(H,19,20). The van der Waals surface area contributed by atoms with Gasteiger partial charge in [0.05, 0.1) is 11.8 Å². The molecule has 0 spiro atoms. The molecule has 2 rings (SSSR count). The zero-order valence-corrected chi connectivity index (χ0v) is 13.6. The molecule has 5 heteroatoms. The Morgan fingerprint density at radius 1 is 1.24 bits per heavy atom. The normalized spacial score (nSPS) is 22.7. The zero-order chi connectivity index (χ0) is 15.8. The minimum absolute atomic E-state index is 0.0821. The number of aliphatic carboxylic acids is 1. The predicted molar refractivity (Wildman–Crippen MR) is 83.1 cm³/mol. The van der Waals surface area contributed by atoms with Crippen molar-refractivity contribution in [1.82, 2.24) is 4.90 Å². The summed E-state index contributed by atoms with van der Waals surface area (Å²) >= 11 is 1.68. The lowest BCUT2D eigenvalue weighted by Gasteiger charge is -2.18. The fraction of sp³-hybridized carbons (Fsp3) is 0.500. The molecule has 0 heterocycles. The summed E-state index contributed by atoms with van der Waals surface area (Å²) in [6, 6.07) is 8.06. The Balaban J connectivity index is 2.02. The first-order chi connectivity index (χ1) is 9.78. The fourth-order valence-corrected chi connectivity index (χ4v) is 3.29. The molecule has 0 aliphatic heterocycles. The van der Waals surface area contributed by atoms with Gasteiger partial charge in [0.1, 0.15) is 0 Å². The maximum atomic E-state index is 12.4. The third-order valence-electron chi connectivity index (χ3n) is 4.31. The van der Waals surface area contributed by atoms with E-state index in [0.29, 0.717) is 6.54 Å². The van der Waals surface area contributed by atoms with E-state index in [9.17, 15) is 9.59 Å². The van der Waals surface area contributed by atoms with Gasteiger partial charge in [0.15, 0.2) is 0 Å². The monoisotopic (exact) mass is 307 g/mol. The van der Waals surface area contributed by atoms with Crippen molar-refractivity contribution in [1.29, 1.82) is 0 Å². The van der Waals surface area contributed by atoms with E-state index in [2.05, 4.69) is 0 Å². The number of hydrogen-bond acceptors (Lipinski definition) is 3. The summed E-state index contributed by atoms with van der Waals surface area (Å²) in [6.07, 6.45) is 2.02. The average Bonchev–Trinajstić information content (AvgIpc) is 3.01. The summed E-state index contributed by atoms with van der Waals surface area (Å²) in [5, 5.41) is 9.16. The highest BCUT2D eigenvalue weighted by molar-refractivity contribution is 7.98. The minimum Gasteiger partial charge on any atom is -0.481 e. The second-order valence-electron chi connectivity index (χ2n) is 6.16. The Kier molecular flexibility index (Phi) is 4.33. The number of thioether (sulfide) groups is 1. The van der Waals surface area contributed by atoms with Crippen LogP contribution in [0.3, 0.4) is 0 Å². The van der Waals surface area contributed by atoms with Crippen LogP contribution in [0.1, 0.15) is 19.4 Å². The minimum atomic E-state index is -0.879. The van der Waals surface area contributed by atoms with Gasteiger partial charge >= 0.3 is 5.97 Å². The second kappa shape index (κ2) is 5.72. The summed E-state index contributed by atoms with van der Waals surface area (Å²) in [5.74, 6) is -1.94. The third-order valence-corrected chi connectivity index (χ3v) is 5.06. The molecule has 1 N–H and O–H groups in total. The van der Waals surface area contributed by atoms with E-state index in [0.717, 1.165) is 5.56 Å². The van der Waals surface area contributed by atoms with Crippen molar-refractivity contribution < 1.29 is 14.7 Å². The van der Waals surface area contributed by atoms with Gasteiger partial charge in [-0.3, -0.25) is 9.59 Å². The number of rotatable bonds is 5. The van der Waals surface area contributed by atoms with Gasteiger partial charge in [-0.2, -0.15) is 0 Å². The summed E-state index contributed by atoms with van der Waals surface area (Å²) in [7, 11) is 1.73. The number of hydrogen-bond donors (Lipinski definition) is 1. The van der Waals surface area contributed by atoms with E-state index in [1.54, 1.807) is 23.7 Å². The van der Waals surface area contributed by atoms with Gasteiger partial charge in [0, 0.05) is 18.5 Å². The van der Waals surface area contributed by atoms with Gasteiger partial charge in [-0.05, 0) is 29.4 Å². The van der Waals surface area contributed by atoms with Gasteiger partial charge in [-0.1, -0.05) is 26.0 Å². The van der Waals surface area contributed by atoms with Crippen molar-refractivity contribution >= 4 is 23.6 Å². The molecule has 4 nitrogen and oxygen atoms in total. The Morgan fingerprint density at radius 2 is 1.81 bits per heavy atom. The maximum absolute atomic E-state index is 12.4. The molecular weight excluding hydrogens is 286 g/mol. The molecule has 0 bridgehead atoms. The van der Waals surface area contributed by atoms with Gasteiger partial charge in [-0.25, -0.2) is 0 Å². The largest absolute Gasteiger partial charge is 0.481 e. The Bertz CT molecular complexity index is 553. The number of carboxylic acid groups (broad SMARTS) is 1. The summed E-state index contributed by atoms with van der Waals surface area (Å²) < 4.78 is 0. The van der Waals surface area contributed by atoms with Crippen molar-refractivity contribution in [2.45, 2.75) is 25.3 Å². The first-order valence-corrected chi connectivity index (χ1v) is 8.12. The van der Waals surface area contributed by atoms with E-state index >= 15 is 0 Å². The quantitative estimate of drug-likeness (QED) is 0.850. The molecule has 0 aromatic heterocycles. The number of amides is 1. The molecule has 2 atom stereocenters. The van der Waals surface area contributed by atoms with E-state index < -0.39 is 23.2 Å². The molecule has 2 unspecified atom stereocenters. The molecule has 21 heavy (non-hydrogen) atoms. The van der Waals surface area contributed by atoms with Crippen molar-refractivity contribution in [2.24, 2.45) is 17.3 Å². The lowest BCUT2D eigenvalue weighted by Crippen LogP contribution is -2.29. The molecular formula is C16H21NO3S. The van der Waals surface area contributed by atoms with Gasteiger partial charge in [0.2, 0.25) is 5.91 Å². The average molecular weight is 307 g/mol. The first-order valence-electron chi connectivity index (χ1n) is 6.89. The van der Waals surface area contributed by atoms with Crippen LogP contribution in [0.25, 0.3) is 0 Å². The molecule has 1 aromatic carbocycles. The third kappa shape index (κ3) is 3.07. The lowest BCUT2D eigenvalue weighted by molar-refractivity contribution is -0.141. The van der Waals surface area contributed by atoms with Crippen LogP contribution in [0, 0.1) is 17.3 Å². The Hall–Kier alpha value is -1.49. The van der Waals surface area contributed by atoms with E-state index in [1.165, 1.54) is 4.90 Å². The topological polar surface area (TPSA) is 57.6 Å². The molecule has 1 aliphatic carbocycles. The molecule has 1 fully saturated rings. The SMILES string of the molecule is CSc1ccc(CN(C)C(=O)C2C(C(=O)O)C2(C)C)cc1. The van der Waals surface area contributed by atoms with Crippen molar-refractivity contribution in [3.63, 3.8) is 0 Å². The highest BCUT2D eigenvalue weighted by Gasteiger charge is 2.66. The van der Waals surface area contributed by atoms with Gasteiger partial charge < -0.3 is 10.0 Å². The summed E-state index contributed by atoms with van der Waals surface area (Å²) in [4.78, 5) is 26.4. The van der Waals surface area contributed by atoms with Crippen molar-refractivity contribution in [2.75, 3.05) is 13.3 Å². The van der Waals surface area contributed by atoms with Gasteiger partial charge in [0.25, 0.3) is 0 Å². The molecule has 0 saturated heterocycles. The highest BCUT2D eigenvalue weighted by atomic mass is 32.2. The Labute approximate surface area is 129 Å². The molecule has 1 amide bonds. The molecule has 1 aliphatic rings.